The minimum Gasteiger partial charge on any atom is -0.497 e. The summed E-state index contributed by atoms with van der Waals surface area (Å²) in [6.45, 7) is 3.94. The van der Waals surface area contributed by atoms with Crippen molar-refractivity contribution in [3.8, 4) is 22.1 Å². The Kier molecular flexibility index (Phi) is 7.11. The van der Waals surface area contributed by atoms with Crippen LogP contribution in [0.2, 0.25) is 0 Å². The monoisotopic (exact) mass is 489 g/mol. The third-order valence-corrected chi connectivity index (χ3v) is 6.95. The third kappa shape index (κ3) is 5.55. The van der Waals surface area contributed by atoms with E-state index in [0.29, 0.717) is 25.5 Å². The first-order chi connectivity index (χ1) is 17.2. The Hall–Kier alpha value is -3.62. The molecule has 0 saturated carbocycles. The normalized spacial score (nSPS) is 14.1. The van der Waals surface area contributed by atoms with Crippen LogP contribution in [0.25, 0.3) is 10.6 Å². The zero-order valence-electron chi connectivity index (χ0n) is 19.6. The molecule has 3 heterocycles. The van der Waals surface area contributed by atoms with Gasteiger partial charge in [0.1, 0.15) is 23.1 Å². The number of carbonyl (C=O) groups is 1. The Morgan fingerprint density at radius 2 is 1.77 bits per heavy atom. The molecule has 1 amide bonds. The minimum absolute atomic E-state index is 0.0863. The molecule has 180 valence electrons. The SMILES string of the molecule is COc1ccc(-c2nc(CN3CCN(C(=O)c4occc4COc4ccccc4)CC3)cs2)cc1. The van der Waals surface area contributed by atoms with E-state index in [1.165, 1.54) is 0 Å². The number of benzene rings is 2. The number of amides is 1. The molecule has 0 N–H and O–H groups in total. The number of carbonyl (C=O) groups excluding carboxylic acids is 1. The lowest BCUT2D eigenvalue weighted by Gasteiger charge is -2.34. The van der Waals surface area contributed by atoms with Gasteiger partial charge in [0.15, 0.2) is 5.76 Å². The van der Waals surface area contributed by atoms with Crippen LogP contribution in [0.5, 0.6) is 11.5 Å². The topological polar surface area (TPSA) is 68.0 Å². The third-order valence-electron chi connectivity index (χ3n) is 6.01. The van der Waals surface area contributed by atoms with Gasteiger partial charge in [-0.3, -0.25) is 9.69 Å². The van der Waals surface area contributed by atoms with E-state index < -0.39 is 0 Å². The van der Waals surface area contributed by atoms with Gasteiger partial charge in [0.25, 0.3) is 5.91 Å². The van der Waals surface area contributed by atoms with Gasteiger partial charge in [0, 0.05) is 49.2 Å². The molecule has 4 aromatic rings. The molecule has 2 aromatic heterocycles. The van der Waals surface area contributed by atoms with Crippen LogP contribution in [0, 0.1) is 0 Å². The van der Waals surface area contributed by atoms with E-state index in [0.717, 1.165) is 53.0 Å². The second-order valence-electron chi connectivity index (χ2n) is 8.32. The summed E-state index contributed by atoms with van der Waals surface area (Å²) in [4.78, 5) is 22.1. The predicted octanol–water partition coefficient (Wildman–Crippen LogP) is 4.95. The van der Waals surface area contributed by atoms with Crippen LogP contribution < -0.4 is 9.47 Å². The zero-order valence-corrected chi connectivity index (χ0v) is 20.4. The lowest BCUT2D eigenvalue weighted by Crippen LogP contribution is -2.48. The second kappa shape index (κ2) is 10.8. The largest absolute Gasteiger partial charge is 0.497 e. The van der Waals surface area contributed by atoms with Gasteiger partial charge in [-0.25, -0.2) is 4.98 Å². The number of hydrogen-bond acceptors (Lipinski definition) is 7. The number of piperazine rings is 1. The van der Waals surface area contributed by atoms with Gasteiger partial charge < -0.3 is 18.8 Å². The number of furan rings is 1. The zero-order chi connectivity index (χ0) is 24.0. The van der Waals surface area contributed by atoms with Crippen LogP contribution in [0.3, 0.4) is 0 Å². The summed E-state index contributed by atoms with van der Waals surface area (Å²) in [5, 5.41) is 3.11. The van der Waals surface area contributed by atoms with Gasteiger partial charge in [-0.1, -0.05) is 18.2 Å². The summed E-state index contributed by atoms with van der Waals surface area (Å²) in [6.07, 6.45) is 1.55. The minimum atomic E-state index is -0.0863. The quantitative estimate of drug-likeness (QED) is 0.349. The summed E-state index contributed by atoms with van der Waals surface area (Å²) in [6, 6.07) is 19.3. The highest BCUT2D eigenvalue weighted by Gasteiger charge is 2.26. The highest BCUT2D eigenvalue weighted by atomic mass is 32.1. The summed E-state index contributed by atoms with van der Waals surface area (Å²) in [5.41, 5.74) is 2.89. The summed E-state index contributed by atoms with van der Waals surface area (Å²) in [5.74, 6) is 1.87. The number of thiazole rings is 1. The van der Waals surface area contributed by atoms with Crippen molar-refractivity contribution in [2.45, 2.75) is 13.2 Å². The average molecular weight is 490 g/mol. The number of nitrogens with zero attached hydrogens (tertiary/aromatic N) is 3. The maximum Gasteiger partial charge on any atom is 0.290 e. The Bertz CT molecular complexity index is 1240. The highest BCUT2D eigenvalue weighted by molar-refractivity contribution is 7.13. The number of methoxy groups -OCH3 is 1. The van der Waals surface area contributed by atoms with Crippen molar-refractivity contribution in [2.24, 2.45) is 0 Å². The van der Waals surface area contributed by atoms with Crippen molar-refractivity contribution in [1.82, 2.24) is 14.8 Å². The maximum atomic E-state index is 13.1. The van der Waals surface area contributed by atoms with E-state index in [-0.39, 0.29) is 5.91 Å². The molecule has 8 heteroatoms. The maximum absolute atomic E-state index is 13.1. The fraction of sp³-hybridized carbons (Fsp3) is 0.259. The Morgan fingerprint density at radius 1 is 1.00 bits per heavy atom. The molecule has 0 atom stereocenters. The molecule has 0 radical (unpaired) electrons. The van der Waals surface area contributed by atoms with E-state index in [1.54, 1.807) is 30.8 Å². The molecule has 1 fully saturated rings. The fourth-order valence-corrected chi connectivity index (χ4v) is 4.86. The van der Waals surface area contributed by atoms with E-state index in [4.69, 9.17) is 18.9 Å². The van der Waals surface area contributed by atoms with Crippen LogP contribution in [-0.2, 0) is 13.2 Å². The van der Waals surface area contributed by atoms with Gasteiger partial charge in [-0.2, -0.15) is 0 Å². The molecule has 0 aliphatic carbocycles. The average Bonchev–Trinajstić information content (AvgIpc) is 3.58. The lowest BCUT2D eigenvalue weighted by molar-refractivity contribution is 0.0593. The Balaban J connectivity index is 1.14. The van der Waals surface area contributed by atoms with Gasteiger partial charge in [0.2, 0.25) is 0 Å². The number of para-hydroxylation sites is 1. The molecule has 5 rings (SSSR count). The predicted molar refractivity (Wildman–Crippen MR) is 135 cm³/mol. The Labute approximate surface area is 208 Å². The van der Waals surface area contributed by atoms with E-state index >= 15 is 0 Å². The van der Waals surface area contributed by atoms with E-state index in [9.17, 15) is 4.79 Å². The molecular formula is C27H27N3O4S. The number of aromatic nitrogens is 1. The summed E-state index contributed by atoms with van der Waals surface area (Å²) < 4.78 is 16.6. The van der Waals surface area contributed by atoms with Gasteiger partial charge in [0.05, 0.1) is 19.1 Å². The van der Waals surface area contributed by atoms with E-state index in [2.05, 4.69) is 10.3 Å². The number of rotatable bonds is 8. The molecule has 0 spiro atoms. The van der Waals surface area contributed by atoms with Gasteiger partial charge in [-0.05, 0) is 42.5 Å². The second-order valence-corrected chi connectivity index (χ2v) is 9.18. The molecule has 1 aliphatic rings. The van der Waals surface area contributed by atoms with Gasteiger partial charge >= 0.3 is 0 Å². The lowest BCUT2D eigenvalue weighted by atomic mass is 10.2. The number of ether oxygens (including phenoxy) is 2. The molecular weight excluding hydrogens is 462 g/mol. The summed E-state index contributed by atoms with van der Waals surface area (Å²) >= 11 is 1.65. The Morgan fingerprint density at radius 3 is 2.51 bits per heavy atom. The van der Waals surface area contributed by atoms with Crippen molar-refractivity contribution in [3.05, 3.63) is 89.3 Å². The molecule has 1 saturated heterocycles. The van der Waals surface area contributed by atoms with Gasteiger partial charge in [-0.15, -0.1) is 11.3 Å². The first-order valence-corrected chi connectivity index (χ1v) is 12.4. The fourth-order valence-electron chi connectivity index (χ4n) is 4.04. The van der Waals surface area contributed by atoms with Crippen LogP contribution in [0.1, 0.15) is 21.8 Å². The van der Waals surface area contributed by atoms with Crippen LogP contribution in [0.4, 0.5) is 0 Å². The van der Waals surface area contributed by atoms with Crippen molar-refractivity contribution in [2.75, 3.05) is 33.3 Å². The van der Waals surface area contributed by atoms with Crippen molar-refractivity contribution < 1.29 is 18.7 Å². The number of hydrogen-bond donors (Lipinski definition) is 0. The summed E-state index contributed by atoms with van der Waals surface area (Å²) in [7, 11) is 1.66. The molecule has 2 aromatic carbocycles. The highest BCUT2D eigenvalue weighted by Crippen LogP contribution is 2.26. The van der Waals surface area contributed by atoms with Crippen LogP contribution in [-0.4, -0.2) is 54.0 Å². The molecule has 0 unspecified atom stereocenters. The van der Waals surface area contributed by atoms with Crippen molar-refractivity contribution >= 4 is 17.2 Å². The molecule has 0 bridgehead atoms. The standard InChI is InChI=1S/C27H27N3O4S/c1-32-23-9-7-20(8-10-23)26-28-22(19-35-26)17-29-12-14-30(15-13-29)27(31)25-21(11-16-33-25)18-34-24-5-3-2-4-6-24/h2-11,16,19H,12-15,17-18H2,1H3. The van der Waals surface area contributed by atoms with Crippen molar-refractivity contribution in [1.29, 1.82) is 0 Å². The first-order valence-electron chi connectivity index (χ1n) is 11.5. The molecule has 35 heavy (non-hydrogen) atoms. The smallest absolute Gasteiger partial charge is 0.290 e. The first kappa shape index (κ1) is 23.1. The van der Waals surface area contributed by atoms with Crippen molar-refractivity contribution in [3.63, 3.8) is 0 Å². The van der Waals surface area contributed by atoms with Crippen LogP contribution in [0.15, 0.2) is 76.7 Å². The van der Waals surface area contributed by atoms with Crippen LogP contribution >= 0.6 is 11.3 Å². The van der Waals surface area contributed by atoms with E-state index in [1.807, 2.05) is 59.5 Å². The molecule has 1 aliphatic heterocycles. The molecule has 7 nitrogen and oxygen atoms in total.